The van der Waals surface area contributed by atoms with Crippen molar-refractivity contribution >= 4 is 39.3 Å². The number of carbonyl (C=O) groups excluding carboxylic acids is 1. The molecule has 1 N–H and O–H groups in total. The lowest BCUT2D eigenvalue weighted by Gasteiger charge is -2.10. The van der Waals surface area contributed by atoms with Gasteiger partial charge in [0.2, 0.25) is 0 Å². The van der Waals surface area contributed by atoms with E-state index in [4.69, 9.17) is 0 Å². The monoisotopic (exact) mass is 506 g/mol. The van der Waals surface area contributed by atoms with Gasteiger partial charge in [0.1, 0.15) is 0 Å². The zero-order valence-electron chi connectivity index (χ0n) is 17.1. The Morgan fingerprint density at radius 3 is 2.56 bits per heavy atom. The van der Waals surface area contributed by atoms with Crippen LogP contribution in [0.2, 0.25) is 0 Å². The van der Waals surface area contributed by atoms with E-state index >= 15 is 0 Å². The van der Waals surface area contributed by atoms with Gasteiger partial charge in [-0.3, -0.25) is 14.3 Å². The summed E-state index contributed by atoms with van der Waals surface area (Å²) in [5.74, 6) is 0.623. The fourth-order valence-electron chi connectivity index (χ4n) is 2.91. The molecule has 32 heavy (non-hydrogen) atoms. The van der Waals surface area contributed by atoms with Crippen LogP contribution >= 0.6 is 27.7 Å². The van der Waals surface area contributed by atoms with E-state index in [9.17, 15) is 4.79 Å². The molecule has 0 unspecified atom stereocenters. The summed E-state index contributed by atoms with van der Waals surface area (Å²) in [7, 11) is 0. The van der Waals surface area contributed by atoms with Crippen LogP contribution < -0.4 is 5.43 Å². The van der Waals surface area contributed by atoms with Crippen molar-refractivity contribution in [3.63, 3.8) is 0 Å². The summed E-state index contributed by atoms with van der Waals surface area (Å²) in [6, 6.07) is 21.4. The number of rotatable bonds is 7. The second kappa shape index (κ2) is 10.3. The van der Waals surface area contributed by atoms with Crippen LogP contribution in [0.15, 0.2) is 93.9 Å². The molecule has 0 radical (unpaired) electrons. The van der Waals surface area contributed by atoms with E-state index in [2.05, 4.69) is 41.6 Å². The third-order valence-corrected chi connectivity index (χ3v) is 5.97. The number of nitrogens with one attached hydrogen (secondary N) is 1. The molecule has 0 atom stereocenters. The van der Waals surface area contributed by atoms with E-state index < -0.39 is 0 Å². The molecule has 4 aromatic rings. The predicted octanol–water partition coefficient (Wildman–Crippen LogP) is 4.72. The number of nitrogens with zero attached hydrogens (tertiary/aromatic N) is 5. The van der Waals surface area contributed by atoms with Gasteiger partial charge in [0, 0.05) is 33.7 Å². The number of aromatic nitrogens is 4. The van der Waals surface area contributed by atoms with E-state index in [0.29, 0.717) is 16.7 Å². The van der Waals surface area contributed by atoms with Gasteiger partial charge in [0.05, 0.1) is 11.5 Å². The van der Waals surface area contributed by atoms with Crippen molar-refractivity contribution in [2.24, 2.45) is 5.10 Å². The maximum absolute atomic E-state index is 12.4. The minimum Gasteiger partial charge on any atom is -0.272 e. The van der Waals surface area contributed by atoms with Crippen molar-refractivity contribution < 1.29 is 4.79 Å². The summed E-state index contributed by atoms with van der Waals surface area (Å²) in [5, 5.41) is 13.5. The number of amides is 1. The Labute approximate surface area is 198 Å². The molecule has 9 heteroatoms. The average molecular weight is 507 g/mol. The Kier molecular flexibility index (Phi) is 7.08. The highest BCUT2D eigenvalue weighted by molar-refractivity contribution is 9.10. The maximum atomic E-state index is 12.4. The second-order valence-electron chi connectivity index (χ2n) is 6.75. The van der Waals surface area contributed by atoms with Crippen molar-refractivity contribution in [1.82, 2.24) is 25.2 Å². The molecule has 0 fully saturated rings. The molecule has 160 valence electrons. The lowest BCUT2D eigenvalue weighted by molar-refractivity contribution is -0.118. The fourth-order valence-corrected chi connectivity index (χ4v) is 3.92. The molecular weight excluding hydrogens is 488 g/mol. The number of hydrogen-bond donors (Lipinski definition) is 1. The topological polar surface area (TPSA) is 85.1 Å². The third kappa shape index (κ3) is 5.30. The Hall–Kier alpha value is -3.30. The summed E-state index contributed by atoms with van der Waals surface area (Å²) in [5.41, 5.74) is 5.97. The number of halogens is 1. The van der Waals surface area contributed by atoms with Gasteiger partial charge in [-0.25, -0.2) is 5.43 Å². The number of para-hydroxylation sites is 1. The van der Waals surface area contributed by atoms with Crippen LogP contribution in [0.25, 0.3) is 17.1 Å². The largest absolute Gasteiger partial charge is 0.272 e. The van der Waals surface area contributed by atoms with Crippen LogP contribution in [0.3, 0.4) is 0 Å². The zero-order valence-corrected chi connectivity index (χ0v) is 19.5. The molecule has 2 aromatic heterocycles. The molecule has 2 aromatic carbocycles. The number of benzene rings is 2. The van der Waals surface area contributed by atoms with Crippen LogP contribution in [0.4, 0.5) is 0 Å². The molecule has 0 spiro atoms. The quantitative estimate of drug-likeness (QED) is 0.222. The summed E-state index contributed by atoms with van der Waals surface area (Å²) >= 11 is 4.76. The molecule has 1 amide bonds. The summed E-state index contributed by atoms with van der Waals surface area (Å²) in [6.07, 6.45) is 3.39. The molecule has 7 nitrogen and oxygen atoms in total. The minimum absolute atomic E-state index is 0.148. The van der Waals surface area contributed by atoms with Gasteiger partial charge >= 0.3 is 0 Å². The third-order valence-electron chi connectivity index (χ3n) is 4.51. The van der Waals surface area contributed by atoms with Gasteiger partial charge in [0.25, 0.3) is 5.91 Å². The molecule has 4 rings (SSSR count). The SMILES string of the molecule is C/C(=N\NC(=O)CSc1nnc(-c2ccc(Br)cc2)n1-c1ccccc1)c1cccnc1. The highest BCUT2D eigenvalue weighted by Crippen LogP contribution is 2.28. The number of hydrazone groups is 1. The Balaban J connectivity index is 1.52. The van der Waals surface area contributed by atoms with Crippen LogP contribution in [0.5, 0.6) is 0 Å². The number of carbonyl (C=O) groups is 1. The fraction of sp³-hybridized carbons (Fsp3) is 0.0870. The standard InChI is InChI=1S/C23H19BrN6OS/c1-16(18-6-5-13-25-14-18)26-27-21(31)15-32-23-29-28-22(17-9-11-19(24)12-10-17)30(23)20-7-3-2-4-8-20/h2-14H,15H2,1H3,(H,27,31)/b26-16+. The van der Waals surface area contributed by atoms with E-state index in [1.54, 1.807) is 12.4 Å². The van der Waals surface area contributed by atoms with Crippen LogP contribution in [0.1, 0.15) is 12.5 Å². The summed E-state index contributed by atoms with van der Waals surface area (Å²) < 4.78 is 2.94. The highest BCUT2D eigenvalue weighted by atomic mass is 79.9. The average Bonchev–Trinajstić information content (AvgIpc) is 3.26. The van der Waals surface area contributed by atoms with Gasteiger partial charge in [-0.05, 0) is 37.3 Å². The van der Waals surface area contributed by atoms with E-state index in [1.165, 1.54) is 11.8 Å². The van der Waals surface area contributed by atoms with Crippen molar-refractivity contribution in [3.05, 3.63) is 89.2 Å². The predicted molar refractivity (Wildman–Crippen MR) is 130 cm³/mol. The summed E-state index contributed by atoms with van der Waals surface area (Å²) in [4.78, 5) is 16.5. The van der Waals surface area contributed by atoms with E-state index in [-0.39, 0.29) is 11.7 Å². The molecule has 0 aliphatic carbocycles. The number of pyridine rings is 1. The first-order valence-corrected chi connectivity index (χ1v) is 11.5. The van der Waals surface area contributed by atoms with E-state index in [0.717, 1.165) is 21.3 Å². The molecule has 0 aliphatic rings. The first-order valence-electron chi connectivity index (χ1n) is 9.75. The number of hydrogen-bond acceptors (Lipinski definition) is 6. The Bertz CT molecular complexity index is 1230. The van der Waals surface area contributed by atoms with Crippen LogP contribution in [-0.4, -0.2) is 37.1 Å². The van der Waals surface area contributed by atoms with Gasteiger partial charge in [-0.2, -0.15) is 5.10 Å². The lowest BCUT2D eigenvalue weighted by atomic mass is 10.2. The Morgan fingerprint density at radius 1 is 1.06 bits per heavy atom. The number of thioether (sulfide) groups is 1. The van der Waals surface area contributed by atoms with E-state index in [1.807, 2.05) is 78.2 Å². The summed E-state index contributed by atoms with van der Waals surface area (Å²) in [6.45, 7) is 1.82. The van der Waals surface area contributed by atoms with Crippen LogP contribution in [-0.2, 0) is 4.79 Å². The smallest absolute Gasteiger partial charge is 0.250 e. The van der Waals surface area contributed by atoms with Gasteiger partial charge in [0.15, 0.2) is 11.0 Å². The van der Waals surface area contributed by atoms with Crippen molar-refractivity contribution in [1.29, 1.82) is 0 Å². The van der Waals surface area contributed by atoms with Crippen LogP contribution in [0, 0.1) is 0 Å². The Morgan fingerprint density at radius 2 is 1.84 bits per heavy atom. The molecular formula is C23H19BrN6OS. The van der Waals surface area contributed by atoms with Gasteiger partial charge in [-0.1, -0.05) is 64.1 Å². The molecule has 0 saturated carbocycles. The minimum atomic E-state index is -0.231. The van der Waals surface area contributed by atoms with Gasteiger partial charge < -0.3 is 0 Å². The molecule has 2 heterocycles. The normalized spacial score (nSPS) is 11.4. The van der Waals surface area contributed by atoms with Crippen molar-refractivity contribution in [3.8, 4) is 17.1 Å². The molecule has 0 bridgehead atoms. The molecule has 0 saturated heterocycles. The molecule has 0 aliphatic heterocycles. The first kappa shape index (κ1) is 21.9. The second-order valence-corrected chi connectivity index (χ2v) is 8.60. The first-order chi connectivity index (χ1) is 15.6. The lowest BCUT2D eigenvalue weighted by Crippen LogP contribution is -2.21. The zero-order chi connectivity index (χ0) is 22.3. The van der Waals surface area contributed by atoms with Crippen molar-refractivity contribution in [2.75, 3.05) is 5.75 Å². The van der Waals surface area contributed by atoms with Crippen molar-refractivity contribution in [2.45, 2.75) is 12.1 Å². The van der Waals surface area contributed by atoms with Gasteiger partial charge in [-0.15, -0.1) is 10.2 Å². The maximum Gasteiger partial charge on any atom is 0.250 e. The highest BCUT2D eigenvalue weighted by Gasteiger charge is 2.17.